The van der Waals surface area contributed by atoms with Gasteiger partial charge in [-0.3, -0.25) is 0 Å². The number of halogens is 2. The van der Waals surface area contributed by atoms with Gasteiger partial charge in [0.2, 0.25) is 0 Å². The first kappa shape index (κ1) is 49.6. The number of methoxy groups -OCH3 is 1. The molecule has 0 spiro atoms. The Labute approximate surface area is 428 Å². The molecule has 0 bridgehead atoms. The van der Waals surface area contributed by atoms with Gasteiger partial charge in [0.15, 0.2) is 11.6 Å². The largest absolute Gasteiger partial charge is 0.497 e. The maximum atomic E-state index is 13.9. The lowest BCUT2D eigenvalue weighted by atomic mass is 9.95. The molecule has 0 fully saturated rings. The maximum Gasteiger partial charge on any atom is 0.336 e. The molecule has 0 saturated heterocycles. The Morgan fingerprint density at radius 1 is 0.500 bits per heavy atom. The van der Waals surface area contributed by atoms with E-state index in [0.29, 0.717) is 41.0 Å². The summed E-state index contributed by atoms with van der Waals surface area (Å²) in [6.07, 6.45) is 12.9. The van der Waals surface area contributed by atoms with Crippen molar-refractivity contribution in [2.24, 2.45) is 0 Å². The average Bonchev–Trinajstić information content (AvgIpc) is 4.04. The predicted octanol–water partition coefficient (Wildman–Crippen LogP) is 13.6. The molecule has 1 unspecified atom stereocenters. The first-order valence-corrected chi connectivity index (χ1v) is 25.7. The van der Waals surface area contributed by atoms with Crippen LogP contribution in [0.2, 0.25) is 0 Å². The minimum absolute atomic E-state index is 0.00375. The van der Waals surface area contributed by atoms with Crippen LogP contribution in [0.25, 0.3) is 32.7 Å². The van der Waals surface area contributed by atoms with Gasteiger partial charge in [0, 0.05) is 63.4 Å². The quantitative estimate of drug-likeness (QED) is 0.124. The monoisotopic (exact) mass is 995 g/mol. The Morgan fingerprint density at radius 2 is 0.973 bits per heavy atom. The van der Waals surface area contributed by atoms with Crippen molar-refractivity contribution in [1.82, 2.24) is 13.7 Å². The molecule has 378 valence electrons. The third-order valence-corrected chi connectivity index (χ3v) is 15.4. The Hall–Kier alpha value is -7.99. The van der Waals surface area contributed by atoms with E-state index < -0.39 is 29.5 Å². The highest BCUT2D eigenvalue weighted by Crippen LogP contribution is 2.38. The highest BCUT2D eigenvalue weighted by molar-refractivity contribution is 5.92. The van der Waals surface area contributed by atoms with Crippen LogP contribution in [-0.2, 0) is 51.6 Å². The van der Waals surface area contributed by atoms with Crippen molar-refractivity contribution in [2.45, 2.75) is 103 Å². The predicted molar refractivity (Wildman–Crippen MR) is 284 cm³/mol. The third kappa shape index (κ3) is 9.45. The van der Waals surface area contributed by atoms with Gasteiger partial charge >= 0.3 is 17.9 Å². The molecular formula is C62H59F2N3O7. The molecule has 3 aliphatic rings. The van der Waals surface area contributed by atoms with Crippen LogP contribution in [-0.4, -0.2) is 54.0 Å². The van der Waals surface area contributed by atoms with Gasteiger partial charge in [-0.2, -0.15) is 0 Å². The second-order valence-electron chi connectivity index (χ2n) is 19.6. The summed E-state index contributed by atoms with van der Waals surface area (Å²) in [7, 11) is 1.60. The Kier molecular flexibility index (Phi) is 14.2. The van der Waals surface area contributed by atoms with Crippen molar-refractivity contribution in [3.8, 4) is 5.75 Å². The van der Waals surface area contributed by atoms with Gasteiger partial charge in [-0.1, -0.05) is 72.8 Å². The zero-order valence-corrected chi connectivity index (χ0v) is 41.7. The fourth-order valence-corrected chi connectivity index (χ4v) is 12.0. The summed E-state index contributed by atoms with van der Waals surface area (Å²) in [5, 5.41) is 31.9. The normalized spacial score (nSPS) is 14.2. The SMILES string of the molecule is CC(c1ccccc1C(=O)O)n1c2c(c3ccccc31)CCCC2.COc1ccc(C(=O)O)c(Cn2c3c(c4ccccc42)CCCC3)c1.O=C(O)c1ccccc1Cn1c2c(c3cc(F)c(F)cc31)CCCC2. The minimum atomic E-state index is -0.988. The molecular weight excluding hydrogens is 937 g/mol. The second-order valence-corrected chi connectivity index (χ2v) is 19.6. The summed E-state index contributed by atoms with van der Waals surface area (Å²) in [6, 6.07) is 38.8. The number of carbonyl (C=O) groups is 3. The van der Waals surface area contributed by atoms with E-state index in [4.69, 9.17) is 4.74 Å². The molecule has 9 aromatic rings. The minimum Gasteiger partial charge on any atom is -0.497 e. The van der Waals surface area contributed by atoms with E-state index in [1.807, 2.05) is 28.8 Å². The third-order valence-electron chi connectivity index (χ3n) is 15.4. The Balaban J connectivity index is 0.000000127. The molecule has 0 aliphatic heterocycles. The van der Waals surface area contributed by atoms with E-state index in [0.717, 1.165) is 79.1 Å². The summed E-state index contributed by atoms with van der Waals surface area (Å²) in [5.74, 6) is -3.78. The number of aromatic carboxylic acids is 3. The zero-order chi connectivity index (χ0) is 51.6. The number of nitrogens with zero attached hydrogens (tertiary/aromatic N) is 3. The van der Waals surface area contributed by atoms with Crippen LogP contribution >= 0.6 is 0 Å². The van der Waals surface area contributed by atoms with Gasteiger partial charge < -0.3 is 33.8 Å². The van der Waals surface area contributed by atoms with E-state index in [2.05, 4.69) is 58.5 Å². The van der Waals surface area contributed by atoms with Gasteiger partial charge in [0.05, 0.1) is 35.4 Å². The Bertz CT molecular complexity index is 3620. The molecule has 3 aliphatic carbocycles. The van der Waals surface area contributed by atoms with Crippen molar-refractivity contribution < 1.29 is 43.2 Å². The summed E-state index contributed by atoms with van der Waals surface area (Å²) in [4.78, 5) is 34.8. The van der Waals surface area contributed by atoms with Crippen LogP contribution in [0.3, 0.4) is 0 Å². The van der Waals surface area contributed by atoms with Gasteiger partial charge in [0.1, 0.15) is 5.75 Å². The molecule has 6 aromatic carbocycles. The van der Waals surface area contributed by atoms with Crippen LogP contribution in [0.1, 0.15) is 133 Å². The first-order valence-electron chi connectivity index (χ1n) is 25.7. The summed E-state index contributed by atoms with van der Waals surface area (Å²) < 4.78 is 39.5. The molecule has 3 aromatic heterocycles. The number of para-hydroxylation sites is 2. The number of aryl methyl sites for hydroxylation is 3. The number of ether oxygens (including phenoxy) is 1. The fraction of sp³-hybridized carbons (Fsp3) is 0.274. The lowest BCUT2D eigenvalue weighted by Gasteiger charge is -2.23. The van der Waals surface area contributed by atoms with Crippen molar-refractivity contribution in [2.75, 3.05) is 7.11 Å². The second kappa shape index (κ2) is 21.2. The molecule has 3 N–H and O–H groups in total. The van der Waals surface area contributed by atoms with Crippen LogP contribution in [0.4, 0.5) is 8.78 Å². The zero-order valence-electron chi connectivity index (χ0n) is 41.7. The lowest BCUT2D eigenvalue weighted by Crippen LogP contribution is -2.16. The molecule has 12 rings (SSSR count). The smallest absolute Gasteiger partial charge is 0.336 e. The number of fused-ring (bicyclic) bond motifs is 9. The first-order chi connectivity index (χ1) is 35.9. The highest BCUT2D eigenvalue weighted by Gasteiger charge is 2.27. The maximum absolute atomic E-state index is 13.9. The Morgan fingerprint density at radius 3 is 1.62 bits per heavy atom. The van der Waals surface area contributed by atoms with E-state index in [1.54, 1.807) is 55.6 Å². The van der Waals surface area contributed by atoms with Crippen LogP contribution < -0.4 is 4.74 Å². The number of hydrogen-bond acceptors (Lipinski definition) is 4. The molecule has 0 radical (unpaired) electrons. The number of benzene rings is 6. The fourth-order valence-electron chi connectivity index (χ4n) is 12.0. The summed E-state index contributed by atoms with van der Waals surface area (Å²) in [6.45, 7) is 3.00. The number of rotatable bonds is 10. The van der Waals surface area contributed by atoms with Gasteiger partial charge in [-0.25, -0.2) is 23.2 Å². The van der Waals surface area contributed by atoms with E-state index in [1.165, 1.54) is 82.1 Å². The molecule has 12 heteroatoms. The van der Waals surface area contributed by atoms with Crippen molar-refractivity contribution in [3.05, 3.63) is 206 Å². The lowest BCUT2D eigenvalue weighted by molar-refractivity contribution is 0.0684. The number of hydrogen-bond donors (Lipinski definition) is 3. The van der Waals surface area contributed by atoms with Crippen molar-refractivity contribution in [1.29, 1.82) is 0 Å². The van der Waals surface area contributed by atoms with Crippen LogP contribution in [0, 0.1) is 11.6 Å². The van der Waals surface area contributed by atoms with Crippen LogP contribution in [0.15, 0.2) is 127 Å². The van der Waals surface area contributed by atoms with Crippen LogP contribution in [0.5, 0.6) is 5.75 Å². The van der Waals surface area contributed by atoms with Gasteiger partial charge in [-0.15, -0.1) is 0 Å². The number of carboxylic acid groups (broad SMARTS) is 3. The van der Waals surface area contributed by atoms with Gasteiger partial charge in [0.25, 0.3) is 0 Å². The van der Waals surface area contributed by atoms with E-state index in [-0.39, 0.29) is 11.6 Å². The van der Waals surface area contributed by atoms with E-state index in [9.17, 15) is 38.5 Å². The van der Waals surface area contributed by atoms with Gasteiger partial charge in [-0.05, 0) is 166 Å². The van der Waals surface area contributed by atoms with Crippen molar-refractivity contribution >= 4 is 50.6 Å². The highest BCUT2D eigenvalue weighted by atomic mass is 19.2. The van der Waals surface area contributed by atoms with E-state index >= 15 is 0 Å². The molecule has 3 heterocycles. The average molecular weight is 996 g/mol. The molecule has 1 atom stereocenters. The standard InChI is InChI=1S/C21H21NO3.C21H21NO2.C20H17F2NO2/c1-25-15-10-11-16(21(23)24)14(12-15)13-22-19-8-4-2-6-17(19)18-7-3-5-9-20(18)22;1-14(15-8-2-3-11-18(15)21(23)24)22-19-12-6-4-9-16(19)17-10-5-7-13-20(17)22;21-16-9-15-14-7-3-4-8-18(14)23(19(15)10-17(16)22)11-12-5-1-2-6-13(12)20(24)25/h2,4,6,8,10-12H,3,5,7,9,13H2,1H3,(H,23,24);2-4,6,8-9,11-12,14H,5,7,10,13H2,1H3,(H,23,24);1-2,5-6,9-10H,3-4,7-8,11H2,(H,24,25). The van der Waals surface area contributed by atoms with Crippen molar-refractivity contribution in [3.63, 3.8) is 0 Å². The topological polar surface area (TPSA) is 136 Å². The molecule has 74 heavy (non-hydrogen) atoms. The molecule has 0 saturated carbocycles. The summed E-state index contributed by atoms with van der Waals surface area (Å²) in [5.41, 5.74) is 14.1. The molecule has 10 nitrogen and oxygen atoms in total. The number of aromatic nitrogens is 3. The summed E-state index contributed by atoms with van der Waals surface area (Å²) >= 11 is 0. The number of carboxylic acids is 3. The molecule has 0 amide bonds.